The highest BCUT2D eigenvalue weighted by Crippen LogP contribution is 2.57. The van der Waals surface area contributed by atoms with Gasteiger partial charge in [-0.15, -0.1) is 0 Å². The van der Waals surface area contributed by atoms with Crippen molar-refractivity contribution in [2.24, 2.45) is 11.8 Å². The minimum absolute atomic E-state index is 0.0481. The molecule has 8 nitrogen and oxygen atoms in total. The number of aliphatic hydroxyl groups excluding tert-OH is 1. The van der Waals surface area contributed by atoms with E-state index >= 15 is 0 Å². The minimum atomic E-state index is -1.22. The highest BCUT2D eigenvalue weighted by molar-refractivity contribution is 6.00. The van der Waals surface area contributed by atoms with Crippen LogP contribution in [-0.2, 0) is 19.1 Å². The summed E-state index contributed by atoms with van der Waals surface area (Å²) in [6.07, 6.45) is 12.9. The third kappa shape index (κ3) is 2.91. The van der Waals surface area contributed by atoms with Crippen LogP contribution in [0.15, 0.2) is 24.3 Å². The molecule has 0 bridgehead atoms. The molecule has 3 fully saturated rings. The molecule has 1 aliphatic carbocycles. The molecule has 2 saturated heterocycles. The molecular formula is C24H33N3O5. The molecule has 32 heavy (non-hydrogen) atoms. The van der Waals surface area contributed by atoms with E-state index in [1.54, 1.807) is 11.9 Å². The summed E-state index contributed by atoms with van der Waals surface area (Å²) in [7, 11) is 1.73. The number of rotatable bonds is 3. The normalized spacial score (nSPS) is 39.8. The van der Waals surface area contributed by atoms with Gasteiger partial charge in [0.25, 0.3) is 0 Å². The molecule has 0 radical (unpaired) electrons. The first-order valence-electron chi connectivity index (χ1n) is 11.9. The van der Waals surface area contributed by atoms with Crippen molar-refractivity contribution < 1.29 is 24.2 Å². The number of hydrogen-bond acceptors (Lipinski definition) is 5. The molecule has 1 spiro atoms. The molecule has 0 aromatic carbocycles. The standard InChI is InChI=1S/C24H33N3O5/c1-23-10-6-12-25(2)20(29)17(23)18-21(30)27(14-15-28)19-22(31)26(16-8-4-3-5-9-16)13-7-11-24(18,19)32-23/h6-7,10-11,16-19,28H,3-5,8-9,12-15H2,1-2H3/t17-,18-,19?,23+,24-/m0/s1. The molecule has 5 atom stereocenters. The molecule has 4 aliphatic heterocycles. The average molecular weight is 444 g/mol. The number of likely N-dealkylation sites (N-methyl/N-ethyl adjacent to an activating group) is 1. The molecule has 0 aromatic heterocycles. The monoisotopic (exact) mass is 443 g/mol. The van der Waals surface area contributed by atoms with E-state index in [1.165, 1.54) is 11.3 Å². The molecule has 1 saturated carbocycles. The number of carbonyl (C=O) groups is 3. The molecule has 4 heterocycles. The van der Waals surface area contributed by atoms with Gasteiger partial charge >= 0.3 is 0 Å². The molecule has 174 valence electrons. The molecule has 0 aromatic rings. The first kappa shape index (κ1) is 21.6. The van der Waals surface area contributed by atoms with E-state index in [-0.39, 0.29) is 36.9 Å². The van der Waals surface area contributed by atoms with Crippen LogP contribution in [0.2, 0.25) is 0 Å². The SMILES string of the molecule is CN1CC=C[C@@]2(C)O[C@]34C=CCN(C5CCCCC5)C(=O)C3N(CCO)C(=O)[C@@H]4[C@H]2C1=O. The summed E-state index contributed by atoms with van der Waals surface area (Å²) in [6.45, 7) is 2.58. The number of aliphatic hydroxyl groups is 1. The zero-order chi connectivity index (χ0) is 22.7. The van der Waals surface area contributed by atoms with Crippen molar-refractivity contribution in [3.8, 4) is 0 Å². The van der Waals surface area contributed by atoms with E-state index < -0.39 is 29.1 Å². The summed E-state index contributed by atoms with van der Waals surface area (Å²) >= 11 is 0. The van der Waals surface area contributed by atoms with Crippen LogP contribution in [0.4, 0.5) is 0 Å². The lowest BCUT2D eigenvalue weighted by Crippen LogP contribution is -2.58. The fourth-order valence-electron chi connectivity index (χ4n) is 6.73. The second-order valence-electron chi connectivity index (χ2n) is 10.1. The first-order valence-corrected chi connectivity index (χ1v) is 11.9. The third-order valence-corrected chi connectivity index (χ3v) is 8.15. The van der Waals surface area contributed by atoms with Crippen molar-refractivity contribution in [1.82, 2.24) is 14.7 Å². The predicted molar refractivity (Wildman–Crippen MR) is 116 cm³/mol. The van der Waals surface area contributed by atoms with Crippen LogP contribution in [0, 0.1) is 11.8 Å². The quantitative estimate of drug-likeness (QED) is 0.649. The summed E-state index contributed by atoms with van der Waals surface area (Å²) in [5.41, 5.74) is -2.19. The lowest BCUT2D eigenvalue weighted by atomic mass is 9.74. The first-order chi connectivity index (χ1) is 15.3. The van der Waals surface area contributed by atoms with E-state index in [0.29, 0.717) is 13.1 Å². The third-order valence-electron chi connectivity index (χ3n) is 8.15. The van der Waals surface area contributed by atoms with E-state index in [0.717, 1.165) is 25.7 Å². The van der Waals surface area contributed by atoms with Crippen LogP contribution in [0.1, 0.15) is 39.0 Å². The van der Waals surface area contributed by atoms with Gasteiger partial charge in [0, 0.05) is 32.7 Å². The van der Waals surface area contributed by atoms with E-state index in [1.807, 2.05) is 36.1 Å². The van der Waals surface area contributed by atoms with Gasteiger partial charge in [0.15, 0.2) is 0 Å². The zero-order valence-corrected chi connectivity index (χ0v) is 18.9. The van der Waals surface area contributed by atoms with E-state index in [9.17, 15) is 19.5 Å². The lowest BCUT2D eigenvalue weighted by Gasteiger charge is -2.40. The Balaban J connectivity index is 1.61. The number of hydrogen-bond donors (Lipinski definition) is 1. The second-order valence-corrected chi connectivity index (χ2v) is 10.1. The Labute approximate surface area is 188 Å². The number of β-amino-alcohol motifs (C(OH)–C–C–N with tert-alkyl or cyclic N) is 1. The van der Waals surface area contributed by atoms with Gasteiger partial charge in [-0.1, -0.05) is 43.6 Å². The fraction of sp³-hybridized carbons (Fsp3) is 0.708. The van der Waals surface area contributed by atoms with Crippen molar-refractivity contribution in [1.29, 1.82) is 0 Å². The maximum absolute atomic E-state index is 14.0. The maximum atomic E-state index is 14.0. The lowest BCUT2D eigenvalue weighted by molar-refractivity contribution is -0.154. The molecule has 8 heteroatoms. The van der Waals surface area contributed by atoms with Crippen molar-refractivity contribution in [3.05, 3.63) is 24.3 Å². The van der Waals surface area contributed by atoms with Crippen molar-refractivity contribution in [2.45, 2.75) is 62.3 Å². The maximum Gasteiger partial charge on any atom is 0.249 e. The Bertz CT molecular complexity index is 881. The average Bonchev–Trinajstić information content (AvgIpc) is 3.04. The Hall–Kier alpha value is -2.19. The topological polar surface area (TPSA) is 90.4 Å². The Morgan fingerprint density at radius 3 is 2.44 bits per heavy atom. The Morgan fingerprint density at radius 1 is 1.00 bits per heavy atom. The number of fused-ring (bicyclic) bond motifs is 2. The van der Waals surface area contributed by atoms with Gasteiger partial charge in [-0.25, -0.2) is 0 Å². The number of likely N-dealkylation sites (tertiary alicyclic amines) is 1. The number of amides is 3. The molecule has 1 unspecified atom stereocenters. The summed E-state index contributed by atoms with van der Waals surface area (Å²) in [4.78, 5) is 46.2. The van der Waals surface area contributed by atoms with Crippen LogP contribution >= 0.6 is 0 Å². The largest absolute Gasteiger partial charge is 0.395 e. The van der Waals surface area contributed by atoms with Gasteiger partial charge in [0.2, 0.25) is 17.7 Å². The van der Waals surface area contributed by atoms with Crippen LogP contribution in [0.3, 0.4) is 0 Å². The fourth-order valence-corrected chi connectivity index (χ4v) is 6.73. The molecule has 3 amide bonds. The molecule has 1 N–H and O–H groups in total. The van der Waals surface area contributed by atoms with Crippen LogP contribution in [0.25, 0.3) is 0 Å². The molecule has 5 rings (SSSR count). The summed E-state index contributed by atoms with van der Waals surface area (Å²) < 4.78 is 6.69. The number of nitrogens with zero attached hydrogens (tertiary/aromatic N) is 3. The van der Waals surface area contributed by atoms with Crippen LogP contribution in [-0.4, -0.2) is 94.1 Å². The highest BCUT2D eigenvalue weighted by atomic mass is 16.5. The summed E-state index contributed by atoms with van der Waals surface area (Å²) in [5, 5.41) is 9.73. The number of carbonyl (C=O) groups excluding carboxylic acids is 3. The van der Waals surface area contributed by atoms with Gasteiger partial charge in [-0.2, -0.15) is 0 Å². The predicted octanol–water partition coefficient (Wildman–Crippen LogP) is 0.709. The van der Waals surface area contributed by atoms with Crippen molar-refractivity contribution in [2.75, 3.05) is 33.3 Å². The van der Waals surface area contributed by atoms with Gasteiger partial charge in [-0.3, -0.25) is 14.4 Å². The van der Waals surface area contributed by atoms with Gasteiger partial charge in [0.1, 0.15) is 11.6 Å². The Morgan fingerprint density at radius 2 is 1.72 bits per heavy atom. The highest BCUT2D eigenvalue weighted by Gasteiger charge is 2.74. The van der Waals surface area contributed by atoms with Crippen molar-refractivity contribution >= 4 is 17.7 Å². The van der Waals surface area contributed by atoms with Crippen LogP contribution < -0.4 is 0 Å². The summed E-state index contributed by atoms with van der Waals surface area (Å²) in [6, 6.07) is -0.723. The van der Waals surface area contributed by atoms with Gasteiger partial charge in [-0.05, 0) is 19.8 Å². The van der Waals surface area contributed by atoms with E-state index in [2.05, 4.69) is 0 Å². The van der Waals surface area contributed by atoms with Crippen molar-refractivity contribution in [3.63, 3.8) is 0 Å². The zero-order valence-electron chi connectivity index (χ0n) is 18.9. The molecule has 5 aliphatic rings. The molecular weight excluding hydrogens is 410 g/mol. The van der Waals surface area contributed by atoms with Gasteiger partial charge in [0.05, 0.1) is 24.0 Å². The smallest absolute Gasteiger partial charge is 0.249 e. The van der Waals surface area contributed by atoms with Crippen LogP contribution in [0.5, 0.6) is 0 Å². The number of ether oxygens (including phenoxy) is 1. The summed E-state index contributed by atoms with van der Waals surface area (Å²) in [5.74, 6) is -2.07. The second kappa shape index (κ2) is 7.70. The Kier molecular flexibility index (Phi) is 5.21. The van der Waals surface area contributed by atoms with E-state index in [4.69, 9.17) is 4.74 Å². The van der Waals surface area contributed by atoms with Gasteiger partial charge < -0.3 is 24.5 Å². The minimum Gasteiger partial charge on any atom is -0.395 e.